The molecule has 15 nitrogen and oxygen atoms in total. The van der Waals surface area contributed by atoms with Gasteiger partial charge in [0.25, 0.3) is 0 Å². The molecule has 3 aliphatic carbocycles. The molecule has 2 aromatic heterocycles. The van der Waals surface area contributed by atoms with Crippen LogP contribution >= 0.6 is 0 Å². The Morgan fingerprint density at radius 3 is 2.42 bits per heavy atom. The minimum absolute atomic E-state index is 0.00300. The minimum Gasteiger partial charge on any atom is -0.497 e. The number of hydrogen-bond acceptors (Lipinski definition) is 10. The molecule has 1 unspecified atom stereocenters. The van der Waals surface area contributed by atoms with Gasteiger partial charge in [0.05, 0.1) is 19.2 Å². The molecule has 0 radical (unpaired) electrons. The van der Waals surface area contributed by atoms with Crippen LogP contribution in [0.1, 0.15) is 80.1 Å². The molecule has 4 fully saturated rings. The first-order chi connectivity index (χ1) is 26.1. The molecule has 15 heteroatoms. The normalized spacial score (nSPS) is 27.3. The van der Waals surface area contributed by atoms with Crippen LogP contribution in [-0.4, -0.2) is 98.2 Å². The lowest BCUT2D eigenvalue weighted by atomic mass is 9.85. The van der Waals surface area contributed by atoms with Gasteiger partial charge in [0.15, 0.2) is 5.82 Å². The molecule has 1 aromatic carbocycles. The summed E-state index contributed by atoms with van der Waals surface area (Å²) < 4.78 is 19.6. The van der Waals surface area contributed by atoms with E-state index in [9.17, 15) is 24.3 Å². The van der Waals surface area contributed by atoms with Crippen LogP contribution in [0.2, 0.25) is 0 Å². The number of aromatic nitrogens is 3. The second-order valence-electron chi connectivity index (χ2n) is 17.1. The van der Waals surface area contributed by atoms with Gasteiger partial charge in [0.2, 0.25) is 11.8 Å². The van der Waals surface area contributed by atoms with Gasteiger partial charge in [-0.25, -0.2) is 19.3 Å². The van der Waals surface area contributed by atoms with Gasteiger partial charge in [-0.05, 0) is 74.8 Å². The molecule has 0 spiro atoms. The maximum absolute atomic E-state index is 14.6. The van der Waals surface area contributed by atoms with Crippen LogP contribution < -0.4 is 25.4 Å². The second-order valence-corrected chi connectivity index (χ2v) is 17.1. The molecule has 296 valence electrons. The summed E-state index contributed by atoms with van der Waals surface area (Å²) in [5.74, 6) is 1.05. The van der Waals surface area contributed by atoms with Crippen LogP contribution in [0.15, 0.2) is 36.5 Å². The first-order valence-electron chi connectivity index (χ1n) is 19.4. The van der Waals surface area contributed by atoms with Crippen molar-refractivity contribution in [3.63, 3.8) is 0 Å². The Balaban J connectivity index is 1.18. The van der Waals surface area contributed by atoms with Gasteiger partial charge in [-0.1, -0.05) is 34.1 Å². The van der Waals surface area contributed by atoms with E-state index in [0.717, 1.165) is 12.8 Å². The fourth-order valence-corrected chi connectivity index (χ4v) is 8.35. The third-order valence-electron chi connectivity index (χ3n) is 11.5. The van der Waals surface area contributed by atoms with Crippen molar-refractivity contribution in [1.82, 2.24) is 30.3 Å². The van der Waals surface area contributed by atoms with Crippen molar-refractivity contribution in [1.29, 1.82) is 0 Å². The quantitative estimate of drug-likeness (QED) is 0.186. The molecule has 4 aliphatic rings. The van der Waals surface area contributed by atoms with Crippen LogP contribution in [-0.2, 0) is 19.1 Å². The molecule has 3 aromatic rings. The molecule has 7 rings (SSSR count). The monoisotopic (exact) mass is 759 g/mol. The van der Waals surface area contributed by atoms with E-state index in [4.69, 9.17) is 19.2 Å². The standard InChI is InChI=1S/C40H53N7O8/c1-8-24-19-40(24,37(50)51)44-35(48)30-17-27(20-46(30)36(49)34(39(4,5)6)43-38(52)55-26-14-22-13-23(22)15-26)54-31-18-33(47-12-11-32(45-47)41-21(2)3)42-29-16-25(53-7)9-10-28(29)31/h9-12,16,18,21-24,26-27,30,34H,8,13-15,17,19-20H2,1-7H3,(H,41,45)(H,43,52)(H,44,48)(H,50,51)/t22-,23+,24-,26+,27?,30+,34-,40-/m1/s1. The van der Waals surface area contributed by atoms with Gasteiger partial charge in [-0.15, -0.1) is 5.10 Å². The number of anilines is 1. The zero-order valence-corrected chi connectivity index (χ0v) is 32.6. The number of ether oxygens (including phenoxy) is 3. The van der Waals surface area contributed by atoms with Crippen molar-refractivity contribution in [2.45, 2.75) is 116 Å². The van der Waals surface area contributed by atoms with E-state index in [0.29, 0.717) is 58.7 Å². The molecule has 3 heterocycles. The van der Waals surface area contributed by atoms with Crippen molar-refractivity contribution >= 4 is 40.6 Å². The summed E-state index contributed by atoms with van der Waals surface area (Å²) in [6.07, 6.45) is 4.07. The average molecular weight is 760 g/mol. The number of fused-ring (bicyclic) bond motifs is 2. The third kappa shape index (κ3) is 7.88. The minimum atomic E-state index is -1.39. The summed E-state index contributed by atoms with van der Waals surface area (Å²) >= 11 is 0. The number of carbonyl (C=O) groups excluding carboxylic acids is 3. The average Bonchev–Trinajstić information content (AvgIpc) is 3.79. The van der Waals surface area contributed by atoms with E-state index in [-0.39, 0.29) is 31.0 Å². The number of aliphatic carboxylic acids is 1. The maximum atomic E-state index is 14.6. The Kier molecular flexibility index (Phi) is 10.1. The zero-order valence-electron chi connectivity index (χ0n) is 32.6. The topological polar surface area (TPSA) is 186 Å². The maximum Gasteiger partial charge on any atom is 0.408 e. The van der Waals surface area contributed by atoms with E-state index >= 15 is 0 Å². The van der Waals surface area contributed by atoms with Crippen molar-refractivity contribution in [3.8, 4) is 17.3 Å². The highest BCUT2D eigenvalue weighted by Gasteiger charge is 2.61. The number of methoxy groups -OCH3 is 1. The number of alkyl carbamates (subject to hydrolysis) is 1. The summed E-state index contributed by atoms with van der Waals surface area (Å²) in [6, 6.07) is 7.10. The molecule has 4 N–H and O–H groups in total. The number of pyridine rings is 1. The highest BCUT2D eigenvalue weighted by molar-refractivity contribution is 5.96. The molecule has 1 aliphatic heterocycles. The highest BCUT2D eigenvalue weighted by Crippen LogP contribution is 2.52. The van der Waals surface area contributed by atoms with E-state index < -0.39 is 53.0 Å². The Morgan fingerprint density at radius 2 is 1.78 bits per heavy atom. The number of nitrogens with zero attached hydrogens (tertiary/aromatic N) is 4. The number of benzene rings is 1. The Bertz CT molecular complexity index is 1970. The predicted molar refractivity (Wildman–Crippen MR) is 203 cm³/mol. The van der Waals surface area contributed by atoms with Gasteiger partial charge in [0, 0.05) is 42.2 Å². The number of hydrogen-bond donors (Lipinski definition) is 4. The molecule has 8 atom stereocenters. The number of carboxylic acid groups (broad SMARTS) is 1. The molecule has 3 amide bonds. The van der Waals surface area contributed by atoms with E-state index in [2.05, 4.69) is 21.0 Å². The fourth-order valence-electron chi connectivity index (χ4n) is 8.35. The summed E-state index contributed by atoms with van der Waals surface area (Å²) in [4.78, 5) is 60.7. The van der Waals surface area contributed by atoms with Crippen molar-refractivity contribution < 1.29 is 38.5 Å². The highest BCUT2D eigenvalue weighted by atomic mass is 16.6. The largest absolute Gasteiger partial charge is 0.497 e. The summed E-state index contributed by atoms with van der Waals surface area (Å²) in [7, 11) is 1.57. The number of likely N-dealkylation sites (tertiary alicyclic amines) is 1. The number of carboxylic acids is 1. The lowest BCUT2D eigenvalue weighted by Gasteiger charge is -2.35. The lowest BCUT2D eigenvalue weighted by Crippen LogP contribution is -2.59. The summed E-state index contributed by atoms with van der Waals surface area (Å²) in [5.41, 5.74) is -1.57. The number of nitrogens with one attached hydrogen (secondary N) is 3. The smallest absolute Gasteiger partial charge is 0.408 e. The first-order valence-corrected chi connectivity index (χ1v) is 19.4. The van der Waals surface area contributed by atoms with Crippen molar-refractivity contribution in [3.05, 3.63) is 36.5 Å². The Labute approximate surface area is 320 Å². The molecule has 1 saturated heterocycles. The lowest BCUT2D eigenvalue weighted by molar-refractivity contribution is -0.146. The molecular weight excluding hydrogens is 706 g/mol. The third-order valence-corrected chi connectivity index (χ3v) is 11.5. The van der Waals surface area contributed by atoms with Gasteiger partial charge >= 0.3 is 12.1 Å². The van der Waals surface area contributed by atoms with Crippen LogP contribution in [0.5, 0.6) is 11.5 Å². The Morgan fingerprint density at radius 1 is 1.04 bits per heavy atom. The van der Waals surface area contributed by atoms with Crippen LogP contribution in [0.3, 0.4) is 0 Å². The Hall–Kier alpha value is -5.08. The zero-order chi connectivity index (χ0) is 39.4. The van der Waals surface area contributed by atoms with Crippen LogP contribution in [0.25, 0.3) is 16.7 Å². The van der Waals surface area contributed by atoms with Gasteiger partial charge in [-0.2, -0.15) is 0 Å². The summed E-state index contributed by atoms with van der Waals surface area (Å²) in [5, 5.41) is 24.4. The second kappa shape index (κ2) is 14.5. The van der Waals surface area contributed by atoms with Gasteiger partial charge in [-0.3, -0.25) is 9.59 Å². The fraction of sp³-hybridized carbons (Fsp3) is 0.600. The van der Waals surface area contributed by atoms with Crippen molar-refractivity contribution in [2.24, 2.45) is 23.2 Å². The summed E-state index contributed by atoms with van der Waals surface area (Å²) in [6.45, 7) is 11.4. The van der Waals surface area contributed by atoms with Crippen LogP contribution in [0.4, 0.5) is 10.6 Å². The van der Waals surface area contributed by atoms with Gasteiger partial charge in [0.1, 0.15) is 47.1 Å². The molecular formula is C40H53N7O8. The van der Waals surface area contributed by atoms with Gasteiger partial charge < -0.3 is 40.2 Å². The van der Waals surface area contributed by atoms with Crippen LogP contribution in [0, 0.1) is 23.2 Å². The molecule has 3 saturated carbocycles. The molecule has 55 heavy (non-hydrogen) atoms. The van der Waals surface area contributed by atoms with E-state index in [1.54, 1.807) is 36.2 Å². The molecule has 0 bridgehead atoms. The number of amides is 3. The number of rotatable bonds is 13. The number of carbonyl (C=O) groups is 4. The van der Waals surface area contributed by atoms with E-state index in [1.807, 2.05) is 53.7 Å². The SMILES string of the molecule is CC[C@@H]1C[C@]1(NC(=O)[C@@H]1CC(Oc2cc(-n3ccc(NC(C)C)n3)nc3cc(OC)ccc23)CN1C(=O)[C@@H](NC(=O)O[C@@H]1C[C@@H]2C[C@@H]2C1)C(C)(C)C)C(=O)O. The van der Waals surface area contributed by atoms with Crippen molar-refractivity contribution in [2.75, 3.05) is 19.0 Å². The predicted octanol–water partition coefficient (Wildman–Crippen LogP) is 4.91. The van der Waals surface area contributed by atoms with E-state index in [1.165, 1.54) is 11.3 Å². The first kappa shape index (κ1) is 38.2.